The maximum absolute atomic E-state index is 13.5. The van der Waals surface area contributed by atoms with Crippen LogP contribution in [-0.2, 0) is 6.54 Å². The van der Waals surface area contributed by atoms with Gasteiger partial charge in [0.15, 0.2) is 5.96 Å². The Kier molecular flexibility index (Phi) is 8.43. The first-order valence-corrected chi connectivity index (χ1v) is 7.61. The second-order valence-corrected chi connectivity index (χ2v) is 4.88. The molecule has 0 amide bonds. The van der Waals surface area contributed by atoms with Crippen LogP contribution >= 0.6 is 0 Å². The van der Waals surface area contributed by atoms with Gasteiger partial charge < -0.3 is 15.5 Å². The zero-order chi connectivity index (χ0) is 15.5. The normalized spacial score (nSPS) is 11.8. The Hall–Kier alpha value is -1.62. The fraction of sp³-hybridized carbons (Fsp3) is 0.562. The Morgan fingerprint density at radius 2 is 1.95 bits per heavy atom. The van der Waals surface area contributed by atoms with Gasteiger partial charge in [-0.3, -0.25) is 4.99 Å². The summed E-state index contributed by atoms with van der Waals surface area (Å²) in [7, 11) is 1.72. The first-order valence-electron chi connectivity index (χ1n) is 7.61. The van der Waals surface area contributed by atoms with Crippen molar-refractivity contribution >= 4 is 5.96 Å². The lowest BCUT2D eigenvalue weighted by Crippen LogP contribution is -2.41. The highest BCUT2D eigenvalue weighted by atomic mass is 19.1. The van der Waals surface area contributed by atoms with Gasteiger partial charge in [-0.15, -0.1) is 0 Å². The largest absolute Gasteiger partial charge is 0.355 e. The fourth-order valence-electron chi connectivity index (χ4n) is 2.12. The highest BCUT2D eigenvalue weighted by Gasteiger charge is 2.04. The third-order valence-electron chi connectivity index (χ3n) is 3.34. The van der Waals surface area contributed by atoms with Crippen LogP contribution in [0.1, 0.15) is 25.8 Å². The lowest BCUT2D eigenvalue weighted by molar-refractivity contribution is 0.293. The number of hydrogen-bond donors (Lipinski definition) is 2. The first kappa shape index (κ1) is 17.4. The van der Waals surface area contributed by atoms with Gasteiger partial charge in [0.05, 0.1) is 0 Å². The molecule has 0 aromatic heterocycles. The van der Waals surface area contributed by atoms with Gasteiger partial charge >= 0.3 is 0 Å². The summed E-state index contributed by atoms with van der Waals surface area (Å²) in [6, 6.07) is 6.77. The second-order valence-electron chi connectivity index (χ2n) is 4.88. The highest BCUT2D eigenvalue weighted by Crippen LogP contribution is 2.05. The summed E-state index contributed by atoms with van der Waals surface area (Å²) in [4.78, 5) is 6.54. The SMILES string of the molecule is CCCN(CC)CCNC(=NC)NCc1ccccc1F. The maximum atomic E-state index is 13.5. The lowest BCUT2D eigenvalue weighted by Gasteiger charge is -2.20. The average molecular weight is 294 g/mol. The van der Waals surface area contributed by atoms with Crippen molar-refractivity contribution in [2.24, 2.45) is 4.99 Å². The minimum atomic E-state index is -0.194. The Bertz CT molecular complexity index is 434. The Balaban J connectivity index is 2.34. The Labute approximate surface area is 127 Å². The summed E-state index contributed by atoms with van der Waals surface area (Å²) in [6.07, 6.45) is 1.16. The number of hydrogen-bond acceptors (Lipinski definition) is 2. The number of aliphatic imine (C=N–C) groups is 1. The van der Waals surface area contributed by atoms with Crippen LogP contribution in [-0.4, -0.2) is 44.1 Å². The number of guanidine groups is 1. The molecule has 5 heteroatoms. The number of likely N-dealkylation sites (N-methyl/N-ethyl adjacent to an activating group) is 1. The predicted octanol–water partition coefficient (Wildman–Crippen LogP) is 2.22. The lowest BCUT2D eigenvalue weighted by atomic mass is 10.2. The van der Waals surface area contributed by atoms with Gasteiger partial charge in [-0.05, 0) is 25.6 Å². The first-order chi connectivity index (χ1) is 10.2. The molecule has 118 valence electrons. The number of rotatable bonds is 8. The van der Waals surface area contributed by atoms with Crippen LogP contribution in [0.15, 0.2) is 29.3 Å². The van der Waals surface area contributed by atoms with Crippen LogP contribution in [0.2, 0.25) is 0 Å². The third-order valence-corrected chi connectivity index (χ3v) is 3.34. The standard InChI is InChI=1S/C16H27FN4/c1-4-11-21(5-2)12-10-19-16(18-3)20-13-14-8-6-7-9-15(14)17/h6-9H,4-5,10-13H2,1-3H3,(H2,18,19,20). The molecule has 0 saturated carbocycles. The highest BCUT2D eigenvalue weighted by molar-refractivity contribution is 5.79. The molecule has 0 atom stereocenters. The molecular weight excluding hydrogens is 267 g/mol. The van der Waals surface area contributed by atoms with Gasteiger partial charge in [0.25, 0.3) is 0 Å². The van der Waals surface area contributed by atoms with Gasteiger partial charge in [-0.1, -0.05) is 32.0 Å². The van der Waals surface area contributed by atoms with E-state index < -0.39 is 0 Å². The summed E-state index contributed by atoms with van der Waals surface area (Å²) in [5.74, 6) is 0.506. The van der Waals surface area contributed by atoms with E-state index in [4.69, 9.17) is 0 Å². The van der Waals surface area contributed by atoms with Crippen LogP contribution in [0.25, 0.3) is 0 Å². The summed E-state index contributed by atoms with van der Waals surface area (Å²) in [5, 5.41) is 6.39. The number of benzene rings is 1. The maximum Gasteiger partial charge on any atom is 0.191 e. The topological polar surface area (TPSA) is 39.7 Å². The molecule has 4 nitrogen and oxygen atoms in total. The van der Waals surface area contributed by atoms with E-state index in [2.05, 4.69) is 34.4 Å². The zero-order valence-electron chi connectivity index (χ0n) is 13.3. The van der Waals surface area contributed by atoms with E-state index in [1.807, 2.05) is 6.07 Å². The molecule has 1 aromatic rings. The molecule has 0 aliphatic rings. The molecule has 0 aliphatic carbocycles. The Morgan fingerprint density at radius 1 is 1.19 bits per heavy atom. The van der Waals surface area contributed by atoms with E-state index >= 15 is 0 Å². The molecule has 0 heterocycles. The third kappa shape index (κ3) is 6.58. The van der Waals surface area contributed by atoms with Crippen LogP contribution in [0.5, 0.6) is 0 Å². The smallest absolute Gasteiger partial charge is 0.191 e. The van der Waals surface area contributed by atoms with E-state index in [0.717, 1.165) is 32.6 Å². The van der Waals surface area contributed by atoms with Crippen molar-refractivity contribution in [2.45, 2.75) is 26.8 Å². The van der Waals surface area contributed by atoms with Crippen molar-refractivity contribution in [1.29, 1.82) is 0 Å². The molecule has 0 bridgehead atoms. The molecule has 0 radical (unpaired) electrons. The van der Waals surface area contributed by atoms with Gasteiger partial charge in [0.1, 0.15) is 5.82 Å². The second kappa shape index (κ2) is 10.2. The van der Waals surface area contributed by atoms with E-state index in [1.54, 1.807) is 19.2 Å². The molecule has 21 heavy (non-hydrogen) atoms. The summed E-state index contributed by atoms with van der Waals surface area (Å²) in [5.41, 5.74) is 0.640. The molecule has 0 saturated heterocycles. The average Bonchev–Trinajstić information content (AvgIpc) is 2.51. The van der Waals surface area contributed by atoms with Gasteiger partial charge in [-0.2, -0.15) is 0 Å². The molecule has 0 fully saturated rings. The fourth-order valence-corrected chi connectivity index (χ4v) is 2.12. The van der Waals surface area contributed by atoms with Crippen LogP contribution in [0.3, 0.4) is 0 Å². The Morgan fingerprint density at radius 3 is 2.57 bits per heavy atom. The molecule has 1 rings (SSSR count). The molecule has 1 aromatic carbocycles. The number of nitrogens with zero attached hydrogens (tertiary/aromatic N) is 2. The molecule has 2 N–H and O–H groups in total. The van der Waals surface area contributed by atoms with Crippen molar-refractivity contribution in [3.63, 3.8) is 0 Å². The molecule has 0 aliphatic heterocycles. The monoisotopic (exact) mass is 294 g/mol. The summed E-state index contributed by atoms with van der Waals surface area (Å²) >= 11 is 0. The minimum Gasteiger partial charge on any atom is -0.355 e. The summed E-state index contributed by atoms with van der Waals surface area (Å²) < 4.78 is 13.5. The number of nitrogens with one attached hydrogen (secondary N) is 2. The minimum absolute atomic E-state index is 0.194. The van der Waals surface area contributed by atoms with Crippen molar-refractivity contribution in [2.75, 3.05) is 33.2 Å². The van der Waals surface area contributed by atoms with Crippen LogP contribution in [0, 0.1) is 5.82 Å². The zero-order valence-corrected chi connectivity index (χ0v) is 13.3. The van der Waals surface area contributed by atoms with Gasteiger partial charge in [0, 0.05) is 32.2 Å². The van der Waals surface area contributed by atoms with Crippen molar-refractivity contribution in [1.82, 2.24) is 15.5 Å². The van der Waals surface area contributed by atoms with Crippen LogP contribution < -0.4 is 10.6 Å². The summed E-state index contributed by atoms with van der Waals surface area (Å²) in [6.45, 7) is 8.75. The van der Waals surface area contributed by atoms with Crippen molar-refractivity contribution < 1.29 is 4.39 Å². The van der Waals surface area contributed by atoms with Crippen molar-refractivity contribution in [3.05, 3.63) is 35.6 Å². The predicted molar refractivity (Wildman–Crippen MR) is 87.0 cm³/mol. The van der Waals surface area contributed by atoms with E-state index in [1.165, 1.54) is 6.07 Å². The van der Waals surface area contributed by atoms with Gasteiger partial charge in [-0.25, -0.2) is 4.39 Å². The van der Waals surface area contributed by atoms with E-state index in [-0.39, 0.29) is 5.82 Å². The van der Waals surface area contributed by atoms with E-state index in [0.29, 0.717) is 18.1 Å². The van der Waals surface area contributed by atoms with E-state index in [9.17, 15) is 4.39 Å². The molecule has 0 unspecified atom stereocenters. The van der Waals surface area contributed by atoms with Gasteiger partial charge in [0.2, 0.25) is 0 Å². The number of halogens is 1. The molecular formula is C16H27FN4. The quantitative estimate of drug-likeness (QED) is 0.570. The van der Waals surface area contributed by atoms with Crippen molar-refractivity contribution in [3.8, 4) is 0 Å². The van der Waals surface area contributed by atoms with Crippen LogP contribution in [0.4, 0.5) is 4.39 Å². The molecule has 0 spiro atoms.